The van der Waals surface area contributed by atoms with E-state index >= 15 is 0 Å². The Morgan fingerprint density at radius 1 is 0.810 bits per heavy atom. The number of rotatable bonds is 3. The van der Waals surface area contributed by atoms with Crippen molar-refractivity contribution in [2.75, 3.05) is 26.2 Å². The van der Waals surface area contributed by atoms with Crippen molar-refractivity contribution in [1.29, 1.82) is 0 Å². The molecule has 2 saturated carbocycles. The molecule has 1 amide bonds. The minimum atomic E-state index is -0.796. The molecule has 3 rings (SSSR count). The zero-order valence-corrected chi connectivity index (χ0v) is 12.7. The van der Waals surface area contributed by atoms with E-state index in [1.807, 2.05) is 4.90 Å². The summed E-state index contributed by atoms with van der Waals surface area (Å²) in [5.41, 5.74) is 0. The summed E-state index contributed by atoms with van der Waals surface area (Å²) in [6, 6.07) is 0.723. The van der Waals surface area contributed by atoms with Gasteiger partial charge in [-0.1, -0.05) is 19.3 Å². The number of piperazine rings is 1. The molecule has 0 bridgehead atoms. The van der Waals surface area contributed by atoms with Crippen molar-refractivity contribution in [3.8, 4) is 0 Å². The molecule has 0 spiro atoms. The fourth-order valence-electron chi connectivity index (χ4n) is 4.36. The van der Waals surface area contributed by atoms with Gasteiger partial charge in [0.15, 0.2) is 0 Å². The number of carbonyl (C=O) groups excluding carboxylic acids is 1. The number of aliphatic carboxylic acids is 1. The smallest absolute Gasteiger partial charge is 0.307 e. The van der Waals surface area contributed by atoms with Crippen LogP contribution in [0.5, 0.6) is 0 Å². The maximum atomic E-state index is 12.6. The molecule has 0 aromatic heterocycles. The van der Waals surface area contributed by atoms with Gasteiger partial charge in [0.2, 0.25) is 5.91 Å². The van der Waals surface area contributed by atoms with Gasteiger partial charge in [0.25, 0.3) is 0 Å². The molecule has 118 valence electrons. The van der Waals surface area contributed by atoms with Crippen molar-refractivity contribution in [3.63, 3.8) is 0 Å². The number of nitrogens with zero attached hydrogens (tertiary/aromatic N) is 2. The van der Waals surface area contributed by atoms with Crippen LogP contribution in [0.4, 0.5) is 0 Å². The number of carboxylic acid groups (broad SMARTS) is 1. The Kier molecular flexibility index (Phi) is 4.48. The summed E-state index contributed by atoms with van der Waals surface area (Å²) in [6.45, 7) is 3.47. The molecule has 1 heterocycles. The van der Waals surface area contributed by atoms with Crippen LogP contribution < -0.4 is 0 Å². The fraction of sp³-hybridized carbons (Fsp3) is 0.875. The third kappa shape index (κ3) is 3.07. The molecule has 1 saturated heterocycles. The molecule has 5 nitrogen and oxygen atoms in total. The summed E-state index contributed by atoms with van der Waals surface area (Å²) < 4.78 is 0. The third-order valence-electron chi connectivity index (χ3n) is 5.62. The Hall–Kier alpha value is -1.10. The summed E-state index contributed by atoms with van der Waals surface area (Å²) in [5, 5.41) is 9.24. The van der Waals surface area contributed by atoms with Gasteiger partial charge in [0.1, 0.15) is 0 Å². The van der Waals surface area contributed by atoms with Gasteiger partial charge in [-0.25, -0.2) is 0 Å². The minimum absolute atomic E-state index is 0.0889. The van der Waals surface area contributed by atoms with E-state index in [-0.39, 0.29) is 11.8 Å². The van der Waals surface area contributed by atoms with Gasteiger partial charge in [-0.2, -0.15) is 0 Å². The lowest BCUT2D eigenvalue weighted by atomic mass is 9.94. The molecule has 0 aromatic carbocycles. The van der Waals surface area contributed by atoms with Crippen molar-refractivity contribution in [2.24, 2.45) is 11.8 Å². The average Bonchev–Trinajstić information content (AvgIpc) is 3.18. The lowest BCUT2D eigenvalue weighted by Crippen LogP contribution is -2.53. The molecule has 0 unspecified atom stereocenters. The van der Waals surface area contributed by atoms with Crippen LogP contribution in [0.25, 0.3) is 0 Å². The van der Waals surface area contributed by atoms with E-state index in [0.29, 0.717) is 6.42 Å². The second-order valence-corrected chi connectivity index (χ2v) is 6.78. The van der Waals surface area contributed by atoms with Crippen molar-refractivity contribution in [2.45, 2.75) is 51.0 Å². The summed E-state index contributed by atoms with van der Waals surface area (Å²) in [5.74, 6) is -1.44. The average molecular weight is 294 g/mol. The molecule has 2 aliphatic carbocycles. The Morgan fingerprint density at radius 2 is 1.43 bits per heavy atom. The van der Waals surface area contributed by atoms with Crippen molar-refractivity contribution in [3.05, 3.63) is 0 Å². The van der Waals surface area contributed by atoms with E-state index in [9.17, 15) is 14.7 Å². The molecule has 3 aliphatic rings. The molecule has 2 atom stereocenters. The lowest BCUT2D eigenvalue weighted by molar-refractivity contribution is -0.149. The molecule has 0 aromatic rings. The molecule has 5 heteroatoms. The number of carbonyl (C=O) groups is 2. The second kappa shape index (κ2) is 6.34. The zero-order valence-electron chi connectivity index (χ0n) is 12.7. The first-order valence-electron chi connectivity index (χ1n) is 8.42. The van der Waals surface area contributed by atoms with Crippen LogP contribution in [-0.2, 0) is 9.59 Å². The second-order valence-electron chi connectivity index (χ2n) is 6.78. The maximum absolute atomic E-state index is 12.6. The van der Waals surface area contributed by atoms with E-state index < -0.39 is 11.9 Å². The van der Waals surface area contributed by atoms with E-state index in [0.717, 1.165) is 45.1 Å². The van der Waals surface area contributed by atoms with Crippen LogP contribution in [0.15, 0.2) is 0 Å². The maximum Gasteiger partial charge on any atom is 0.307 e. The highest BCUT2D eigenvalue weighted by Gasteiger charge is 2.40. The molecule has 3 fully saturated rings. The van der Waals surface area contributed by atoms with E-state index in [1.165, 1.54) is 25.7 Å². The molecular formula is C16H26N2O3. The summed E-state index contributed by atoms with van der Waals surface area (Å²) in [7, 11) is 0. The first-order chi connectivity index (χ1) is 10.2. The number of amides is 1. The molecule has 21 heavy (non-hydrogen) atoms. The third-order valence-corrected chi connectivity index (χ3v) is 5.62. The largest absolute Gasteiger partial charge is 0.481 e. The van der Waals surface area contributed by atoms with Gasteiger partial charge >= 0.3 is 5.97 Å². The Morgan fingerprint density at radius 3 is 2.05 bits per heavy atom. The van der Waals surface area contributed by atoms with Crippen LogP contribution in [-0.4, -0.2) is 59.0 Å². The Balaban J connectivity index is 1.54. The van der Waals surface area contributed by atoms with E-state index in [2.05, 4.69) is 4.90 Å². The summed E-state index contributed by atoms with van der Waals surface area (Å²) in [6.07, 6.45) is 7.56. The molecule has 1 N–H and O–H groups in total. The monoisotopic (exact) mass is 294 g/mol. The fourth-order valence-corrected chi connectivity index (χ4v) is 4.36. The SMILES string of the molecule is O=C(O)[C@H]1CCC[C@H]1C(=O)N1CCN(C2CCCC2)CC1. The first kappa shape index (κ1) is 14.8. The quantitative estimate of drug-likeness (QED) is 0.858. The zero-order chi connectivity index (χ0) is 14.8. The number of carboxylic acids is 1. The van der Waals surface area contributed by atoms with Crippen molar-refractivity contribution >= 4 is 11.9 Å². The van der Waals surface area contributed by atoms with Gasteiger partial charge < -0.3 is 10.0 Å². The van der Waals surface area contributed by atoms with Crippen LogP contribution in [0.1, 0.15) is 44.9 Å². The van der Waals surface area contributed by atoms with Gasteiger partial charge in [-0.3, -0.25) is 14.5 Å². The Labute approximate surface area is 126 Å². The lowest BCUT2D eigenvalue weighted by Gasteiger charge is -2.39. The number of hydrogen-bond donors (Lipinski definition) is 1. The molecule has 1 aliphatic heterocycles. The highest BCUT2D eigenvalue weighted by atomic mass is 16.4. The summed E-state index contributed by atoms with van der Waals surface area (Å²) >= 11 is 0. The predicted molar refractivity (Wildman–Crippen MR) is 78.9 cm³/mol. The van der Waals surface area contributed by atoms with Crippen LogP contribution in [0, 0.1) is 11.8 Å². The van der Waals surface area contributed by atoms with Gasteiger partial charge in [-0.05, 0) is 25.7 Å². The van der Waals surface area contributed by atoms with E-state index in [4.69, 9.17) is 0 Å². The topological polar surface area (TPSA) is 60.9 Å². The van der Waals surface area contributed by atoms with Crippen LogP contribution in [0.2, 0.25) is 0 Å². The number of hydrogen-bond acceptors (Lipinski definition) is 3. The van der Waals surface area contributed by atoms with E-state index in [1.54, 1.807) is 0 Å². The first-order valence-corrected chi connectivity index (χ1v) is 8.42. The predicted octanol–water partition coefficient (Wildman–Crippen LogP) is 1.57. The van der Waals surface area contributed by atoms with Crippen molar-refractivity contribution < 1.29 is 14.7 Å². The molecule has 0 radical (unpaired) electrons. The normalized spacial score (nSPS) is 31.7. The highest BCUT2D eigenvalue weighted by Crippen LogP contribution is 2.34. The van der Waals surface area contributed by atoms with Crippen LogP contribution >= 0.6 is 0 Å². The minimum Gasteiger partial charge on any atom is -0.481 e. The highest BCUT2D eigenvalue weighted by molar-refractivity contribution is 5.85. The Bertz CT molecular complexity index is 398. The standard InChI is InChI=1S/C16H26N2O3/c19-15(13-6-3-7-14(13)16(20)21)18-10-8-17(9-11-18)12-4-1-2-5-12/h12-14H,1-11H2,(H,20,21)/t13-,14+/m1/s1. The van der Waals surface area contributed by atoms with Gasteiger partial charge in [0.05, 0.1) is 11.8 Å². The van der Waals surface area contributed by atoms with Gasteiger partial charge in [-0.15, -0.1) is 0 Å². The summed E-state index contributed by atoms with van der Waals surface area (Å²) in [4.78, 5) is 28.3. The van der Waals surface area contributed by atoms with Crippen molar-refractivity contribution in [1.82, 2.24) is 9.80 Å². The van der Waals surface area contributed by atoms with Crippen LogP contribution in [0.3, 0.4) is 0 Å². The molecular weight excluding hydrogens is 268 g/mol. The van der Waals surface area contributed by atoms with Gasteiger partial charge in [0, 0.05) is 32.2 Å².